The molecular weight excluding hydrogens is 256 g/mol. The number of urea groups is 1. The molecule has 5 heteroatoms. The van der Waals surface area contributed by atoms with Gasteiger partial charge in [0.2, 0.25) is 0 Å². The number of hydrogen-bond acceptors (Lipinski definition) is 2. The third kappa shape index (κ3) is 3.47. The minimum Gasteiger partial charge on any atom is -0.481 e. The fourth-order valence-electron chi connectivity index (χ4n) is 1.85. The molecule has 0 unspecified atom stereocenters. The summed E-state index contributed by atoms with van der Waals surface area (Å²) in [7, 11) is 1.57. The van der Waals surface area contributed by atoms with Crippen LogP contribution >= 0.6 is 0 Å². The molecule has 2 rings (SSSR count). The van der Waals surface area contributed by atoms with Gasteiger partial charge in [0.05, 0.1) is 6.42 Å². The predicted octanol–water partition coefficient (Wildman–Crippen LogP) is 2.78. The van der Waals surface area contributed by atoms with Gasteiger partial charge in [-0.05, 0) is 22.9 Å². The van der Waals surface area contributed by atoms with Crippen molar-refractivity contribution in [1.29, 1.82) is 0 Å². The molecule has 0 aliphatic rings. The van der Waals surface area contributed by atoms with Gasteiger partial charge in [-0.1, -0.05) is 30.3 Å². The van der Waals surface area contributed by atoms with Crippen LogP contribution in [0, 0.1) is 0 Å². The highest BCUT2D eigenvalue weighted by atomic mass is 16.4. The zero-order valence-electron chi connectivity index (χ0n) is 11.2. The van der Waals surface area contributed by atoms with Gasteiger partial charge in [0.15, 0.2) is 0 Å². The monoisotopic (exact) mass is 272 g/mol. The largest absolute Gasteiger partial charge is 0.481 e. The number of amides is 2. The molecule has 0 atom stereocenters. The molecule has 2 aromatic rings. The van der Waals surface area contributed by atoms with E-state index < -0.39 is 5.97 Å². The number of nitrogens with one attached hydrogen (secondary N) is 1. The molecule has 0 saturated heterocycles. The molecule has 5 nitrogen and oxygen atoms in total. The molecule has 0 bridgehead atoms. The first-order valence-electron chi connectivity index (χ1n) is 6.29. The maximum atomic E-state index is 11.9. The molecule has 0 aliphatic heterocycles. The summed E-state index contributed by atoms with van der Waals surface area (Å²) in [4.78, 5) is 23.7. The van der Waals surface area contributed by atoms with Crippen LogP contribution in [0.15, 0.2) is 42.5 Å². The third-order valence-electron chi connectivity index (χ3n) is 3.01. The van der Waals surface area contributed by atoms with Crippen molar-refractivity contribution in [3.05, 3.63) is 42.5 Å². The second-order valence-corrected chi connectivity index (χ2v) is 4.56. The standard InChI is InChI=1S/C15H16N2O3/c1-17(9-8-14(18)19)15(20)16-13-7-6-11-4-2-3-5-12(11)10-13/h2-7,10H,8-9H2,1H3,(H,16,20)(H,18,19). The Morgan fingerprint density at radius 1 is 1.15 bits per heavy atom. The molecule has 0 radical (unpaired) electrons. The number of carboxylic acid groups (broad SMARTS) is 1. The van der Waals surface area contributed by atoms with Crippen molar-refractivity contribution in [2.24, 2.45) is 0 Å². The summed E-state index contributed by atoms with van der Waals surface area (Å²) in [5, 5.41) is 13.5. The topological polar surface area (TPSA) is 69.6 Å². The molecular formula is C15H16N2O3. The van der Waals surface area contributed by atoms with E-state index in [9.17, 15) is 9.59 Å². The van der Waals surface area contributed by atoms with Crippen LogP contribution in [0.25, 0.3) is 10.8 Å². The fourth-order valence-corrected chi connectivity index (χ4v) is 1.85. The molecule has 2 amide bonds. The van der Waals surface area contributed by atoms with E-state index >= 15 is 0 Å². The number of fused-ring (bicyclic) bond motifs is 1. The zero-order chi connectivity index (χ0) is 14.5. The highest BCUT2D eigenvalue weighted by molar-refractivity contribution is 5.93. The Balaban J connectivity index is 2.03. The molecule has 0 spiro atoms. The van der Waals surface area contributed by atoms with Crippen molar-refractivity contribution < 1.29 is 14.7 Å². The van der Waals surface area contributed by atoms with E-state index in [1.54, 1.807) is 7.05 Å². The predicted molar refractivity (Wildman–Crippen MR) is 77.8 cm³/mol. The first kappa shape index (κ1) is 13.9. The molecule has 2 N–H and O–H groups in total. The Labute approximate surface area is 116 Å². The van der Waals surface area contributed by atoms with Crippen LogP contribution in [0.2, 0.25) is 0 Å². The van der Waals surface area contributed by atoms with E-state index in [4.69, 9.17) is 5.11 Å². The number of nitrogens with zero attached hydrogens (tertiary/aromatic N) is 1. The third-order valence-corrected chi connectivity index (χ3v) is 3.01. The number of rotatable bonds is 4. The number of carboxylic acids is 1. The number of anilines is 1. The minimum atomic E-state index is -0.921. The van der Waals surface area contributed by atoms with Gasteiger partial charge in [-0.3, -0.25) is 4.79 Å². The summed E-state index contributed by atoms with van der Waals surface area (Å²) in [6, 6.07) is 13.2. The normalized spacial score (nSPS) is 10.2. The van der Waals surface area contributed by atoms with Crippen molar-refractivity contribution in [3.63, 3.8) is 0 Å². The zero-order valence-corrected chi connectivity index (χ0v) is 11.2. The van der Waals surface area contributed by atoms with Crippen molar-refractivity contribution in [2.75, 3.05) is 18.9 Å². The van der Waals surface area contributed by atoms with E-state index in [1.165, 1.54) is 4.90 Å². The molecule has 0 heterocycles. The number of carbonyl (C=O) groups is 2. The van der Waals surface area contributed by atoms with Crippen molar-refractivity contribution >= 4 is 28.5 Å². The highest BCUT2D eigenvalue weighted by Gasteiger charge is 2.10. The summed E-state index contributed by atoms with van der Waals surface area (Å²) in [6.45, 7) is 0.175. The molecule has 104 valence electrons. The van der Waals surface area contributed by atoms with E-state index in [2.05, 4.69) is 5.32 Å². The number of benzene rings is 2. The number of carbonyl (C=O) groups excluding carboxylic acids is 1. The van der Waals surface area contributed by atoms with Gasteiger partial charge >= 0.3 is 12.0 Å². The van der Waals surface area contributed by atoms with Gasteiger partial charge in [-0.2, -0.15) is 0 Å². The Morgan fingerprint density at radius 3 is 2.55 bits per heavy atom. The second kappa shape index (κ2) is 6.06. The molecule has 0 fully saturated rings. The molecule has 0 aliphatic carbocycles. The summed E-state index contributed by atoms with van der Waals surface area (Å²) in [6.07, 6.45) is -0.0678. The molecule has 0 aromatic heterocycles. The Bertz CT molecular complexity index is 640. The summed E-state index contributed by atoms with van der Waals surface area (Å²) >= 11 is 0. The van der Waals surface area contributed by atoms with Crippen molar-refractivity contribution in [2.45, 2.75) is 6.42 Å². The lowest BCUT2D eigenvalue weighted by molar-refractivity contribution is -0.137. The maximum Gasteiger partial charge on any atom is 0.321 e. The van der Waals surface area contributed by atoms with Crippen molar-refractivity contribution in [1.82, 2.24) is 4.90 Å². The second-order valence-electron chi connectivity index (χ2n) is 4.56. The first-order valence-corrected chi connectivity index (χ1v) is 6.29. The SMILES string of the molecule is CN(CCC(=O)O)C(=O)Nc1ccc2ccccc2c1. The van der Waals surface area contributed by atoms with Gasteiger partial charge < -0.3 is 15.3 Å². The number of hydrogen-bond donors (Lipinski definition) is 2. The van der Waals surface area contributed by atoms with E-state index in [0.29, 0.717) is 5.69 Å². The van der Waals surface area contributed by atoms with Crippen LogP contribution in [0.5, 0.6) is 0 Å². The summed E-state index contributed by atoms with van der Waals surface area (Å²) < 4.78 is 0. The average Bonchev–Trinajstić information content (AvgIpc) is 2.44. The highest BCUT2D eigenvalue weighted by Crippen LogP contribution is 2.19. The maximum absolute atomic E-state index is 11.9. The van der Waals surface area contributed by atoms with Gasteiger partial charge in [-0.25, -0.2) is 4.79 Å². The van der Waals surface area contributed by atoms with Crippen LogP contribution < -0.4 is 5.32 Å². The summed E-state index contributed by atoms with van der Waals surface area (Å²) in [5.41, 5.74) is 0.691. The Hall–Kier alpha value is -2.56. The lowest BCUT2D eigenvalue weighted by Crippen LogP contribution is -2.33. The minimum absolute atomic E-state index is 0.0678. The van der Waals surface area contributed by atoms with E-state index in [0.717, 1.165) is 10.8 Å². The summed E-state index contributed by atoms with van der Waals surface area (Å²) in [5.74, 6) is -0.921. The van der Waals surface area contributed by atoms with Crippen LogP contribution in [0.4, 0.5) is 10.5 Å². The molecule has 2 aromatic carbocycles. The van der Waals surface area contributed by atoms with Crippen LogP contribution in [0.1, 0.15) is 6.42 Å². The quantitative estimate of drug-likeness (QED) is 0.899. The first-order chi connectivity index (χ1) is 9.56. The lowest BCUT2D eigenvalue weighted by Gasteiger charge is -2.17. The Morgan fingerprint density at radius 2 is 1.85 bits per heavy atom. The lowest BCUT2D eigenvalue weighted by atomic mass is 10.1. The van der Waals surface area contributed by atoms with Gasteiger partial charge in [0, 0.05) is 19.3 Å². The smallest absolute Gasteiger partial charge is 0.321 e. The van der Waals surface area contributed by atoms with Gasteiger partial charge in [0.1, 0.15) is 0 Å². The van der Waals surface area contributed by atoms with E-state index in [-0.39, 0.29) is 19.0 Å². The van der Waals surface area contributed by atoms with Gasteiger partial charge in [-0.15, -0.1) is 0 Å². The molecule has 20 heavy (non-hydrogen) atoms. The fraction of sp³-hybridized carbons (Fsp3) is 0.200. The molecule has 0 saturated carbocycles. The Kier molecular flexibility index (Phi) is 4.20. The van der Waals surface area contributed by atoms with Crippen molar-refractivity contribution in [3.8, 4) is 0 Å². The van der Waals surface area contributed by atoms with Crippen LogP contribution in [-0.2, 0) is 4.79 Å². The van der Waals surface area contributed by atoms with Crippen LogP contribution in [-0.4, -0.2) is 35.6 Å². The van der Waals surface area contributed by atoms with E-state index in [1.807, 2.05) is 42.5 Å². The number of aliphatic carboxylic acids is 1. The van der Waals surface area contributed by atoms with Gasteiger partial charge in [0.25, 0.3) is 0 Å². The average molecular weight is 272 g/mol. The van der Waals surface area contributed by atoms with Crippen LogP contribution in [0.3, 0.4) is 0 Å².